The lowest BCUT2D eigenvalue weighted by Gasteiger charge is -2.39. The molecular formula is C46H30N4S2. The molecule has 7 aromatic carbocycles. The van der Waals surface area contributed by atoms with Crippen LogP contribution < -0.4 is 9.80 Å². The third-order valence-corrected chi connectivity index (χ3v) is 12.0. The van der Waals surface area contributed by atoms with Crippen LogP contribution in [-0.4, -0.2) is 0 Å². The lowest BCUT2D eigenvalue weighted by molar-refractivity contribution is 1.10. The van der Waals surface area contributed by atoms with Crippen LogP contribution in [0.25, 0.3) is 22.3 Å². The average molecular weight is 703 g/mol. The molecule has 2 heterocycles. The van der Waals surface area contributed by atoms with Crippen molar-refractivity contribution in [1.29, 1.82) is 10.5 Å². The fourth-order valence-electron chi connectivity index (χ4n) is 7.41. The summed E-state index contributed by atoms with van der Waals surface area (Å²) in [6.07, 6.45) is 0.739. The van der Waals surface area contributed by atoms with Gasteiger partial charge in [-0.1, -0.05) is 103 Å². The SMILES string of the molecule is CCc1c(-c2ccc(C#N)cc2)c(N2c3ccccc3Sc3ccccc32)cc(N2c3ccccc3Sc3ccccc32)c1-c1ccc(C#N)cc1. The van der Waals surface area contributed by atoms with E-state index in [1.54, 1.807) is 23.5 Å². The number of nitriles is 2. The average Bonchev–Trinajstić information content (AvgIpc) is 3.21. The molecule has 0 fully saturated rings. The van der Waals surface area contributed by atoms with Crippen molar-refractivity contribution < 1.29 is 0 Å². The first-order valence-electron chi connectivity index (χ1n) is 17.2. The van der Waals surface area contributed by atoms with E-state index < -0.39 is 0 Å². The first-order valence-corrected chi connectivity index (χ1v) is 18.8. The number of para-hydroxylation sites is 4. The second-order valence-electron chi connectivity index (χ2n) is 12.6. The van der Waals surface area contributed by atoms with Crippen molar-refractivity contribution in [2.45, 2.75) is 32.9 Å². The van der Waals surface area contributed by atoms with Gasteiger partial charge in [-0.15, -0.1) is 0 Å². The Kier molecular flexibility index (Phi) is 8.05. The molecule has 52 heavy (non-hydrogen) atoms. The fraction of sp³-hybridized carbons (Fsp3) is 0.0435. The minimum absolute atomic E-state index is 0.622. The molecule has 0 bridgehead atoms. The minimum Gasteiger partial charge on any atom is -0.308 e. The van der Waals surface area contributed by atoms with E-state index in [1.165, 1.54) is 25.1 Å². The maximum Gasteiger partial charge on any atom is 0.0991 e. The summed E-state index contributed by atoms with van der Waals surface area (Å²) >= 11 is 3.59. The van der Waals surface area contributed by atoms with Crippen molar-refractivity contribution in [2.75, 3.05) is 9.80 Å². The largest absolute Gasteiger partial charge is 0.308 e. The molecule has 0 N–H and O–H groups in total. The Hall–Kier alpha value is -6.18. The number of benzene rings is 7. The predicted octanol–water partition coefficient (Wildman–Crippen LogP) is 13.2. The highest BCUT2D eigenvalue weighted by molar-refractivity contribution is 8.00. The monoisotopic (exact) mass is 702 g/mol. The summed E-state index contributed by atoms with van der Waals surface area (Å²) < 4.78 is 0. The first-order chi connectivity index (χ1) is 25.7. The van der Waals surface area contributed by atoms with Gasteiger partial charge >= 0.3 is 0 Å². The van der Waals surface area contributed by atoms with E-state index in [0.717, 1.165) is 62.8 Å². The van der Waals surface area contributed by atoms with Gasteiger partial charge in [0.05, 0.1) is 57.4 Å². The molecule has 0 spiro atoms. The number of hydrogen-bond donors (Lipinski definition) is 0. The zero-order chi connectivity index (χ0) is 35.2. The van der Waals surface area contributed by atoms with E-state index in [9.17, 15) is 10.5 Å². The summed E-state index contributed by atoms with van der Waals surface area (Å²) in [5.41, 5.74) is 13.3. The van der Waals surface area contributed by atoms with Crippen molar-refractivity contribution in [2.24, 2.45) is 0 Å². The highest BCUT2D eigenvalue weighted by atomic mass is 32.2. The maximum absolute atomic E-state index is 9.76. The van der Waals surface area contributed by atoms with Crippen LogP contribution in [0.15, 0.2) is 171 Å². The molecule has 2 aliphatic rings. The summed E-state index contributed by atoms with van der Waals surface area (Å²) in [5, 5.41) is 19.5. The standard InChI is InChI=1S/C46H30N4S2/c1-2-34-45(32-23-19-30(28-47)20-24-32)39(49-35-11-3-7-15-41(35)51-42-16-8-4-12-36(42)49)27-40(46(34)33-25-21-31(29-48)22-26-33)50-37-13-5-9-17-43(37)52-44-18-10-6-14-38(44)50/h3-27H,2H2,1H3. The van der Waals surface area contributed by atoms with Crippen molar-refractivity contribution in [3.8, 4) is 34.4 Å². The topological polar surface area (TPSA) is 54.1 Å². The molecule has 0 unspecified atom stereocenters. The van der Waals surface area contributed by atoms with E-state index in [0.29, 0.717) is 11.1 Å². The van der Waals surface area contributed by atoms with Crippen molar-refractivity contribution in [3.63, 3.8) is 0 Å². The van der Waals surface area contributed by atoms with Gasteiger partial charge in [-0.3, -0.25) is 0 Å². The summed E-state index contributed by atoms with van der Waals surface area (Å²) in [6.45, 7) is 2.23. The molecule has 0 radical (unpaired) electrons. The fourth-order valence-corrected chi connectivity index (χ4v) is 9.53. The third-order valence-electron chi connectivity index (χ3n) is 9.69. The van der Waals surface area contributed by atoms with Gasteiger partial charge in [-0.2, -0.15) is 10.5 Å². The molecule has 7 aromatic rings. The highest BCUT2D eigenvalue weighted by Crippen LogP contribution is 2.59. The van der Waals surface area contributed by atoms with Crippen LogP contribution in [0.1, 0.15) is 23.6 Å². The number of fused-ring (bicyclic) bond motifs is 4. The normalized spacial score (nSPS) is 12.5. The van der Waals surface area contributed by atoms with E-state index in [2.05, 4.69) is 156 Å². The van der Waals surface area contributed by atoms with Crippen LogP contribution in [0.5, 0.6) is 0 Å². The Balaban J connectivity index is 1.45. The van der Waals surface area contributed by atoms with Crippen LogP contribution in [0.3, 0.4) is 0 Å². The van der Waals surface area contributed by atoms with Gasteiger partial charge in [0, 0.05) is 30.7 Å². The number of anilines is 6. The van der Waals surface area contributed by atoms with Crippen molar-refractivity contribution >= 4 is 57.6 Å². The predicted molar refractivity (Wildman–Crippen MR) is 214 cm³/mol. The summed E-state index contributed by atoms with van der Waals surface area (Å²) in [7, 11) is 0. The molecule has 2 aliphatic heterocycles. The molecule has 0 amide bonds. The van der Waals surface area contributed by atoms with E-state index >= 15 is 0 Å². The number of nitrogens with zero attached hydrogens (tertiary/aromatic N) is 4. The molecule has 0 saturated carbocycles. The zero-order valence-corrected chi connectivity index (χ0v) is 29.9. The van der Waals surface area contributed by atoms with Gasteiger partial charge in [0.15, 0.2) is 0 Å². The molecule has 4 nitrogen and oxygen atoms in total. The minimum atomic E-state index is 0.622. The second kappa shape index (κ2) is 13.2. The van der Waals surface area contributed by atoms with Gasteiger partial charge in [0.25, 0.3) is 0 Å². The summed E-state index contributed by atoms with van der Waals surface area (Å²) in [6, 6.07) is 57.5. The van der Waals surface area contributed by atoms with Crippen molar-refractivity contribution in [1.82, 2.24) is 0 Å². The Morgan fingerprint density at radius 3 is 1.08 bits per heavy atom. The molecule has 246 valence electrons. The van der Waals surface area contributed by atoms with Gasteiger partial charge in [0.1, 0.15) is 0 Å². The number of hydrogen-bond acceptors (Lipinski definition) is 6. The molecule has 0 saturated heterocycles. The van der Waals surface area contributed by atoms with Gasteiger partial charge in [-0.05, 0) is 102 Å². The molecule has 6 heteroatoms. The van der Waals surface area contributed by atoms with Crippen molar-refractivity contribution in [3.05, 3.63) is 168 Å². The molecule has 0 atom stereocenters. The summed E-state index contributed by atoms with van der Waals surface area (Å²) in [4.78, 5) is 9.61. The van der Waals surface area contributed by atoms with Crippen LogP contribution in [0, 0.1) is 22.7 Å². The Labute approximate surface area is 312 Å². The molecular weight excluding hydrogens is 673 g/mol. The van der Waals surface area contributed by atoms with Crippen LogP contribution in [0.2, 0.25) is 0 Å². The Morgan fingerprint density at radius 1 is 0.442 bits per heavy atom. The lowest BCUT2D eigenvalue weighted by Crippen LogP contribution is -2.20. The second-order valence-corrected chi connectivity index (χ2v) is 14.8. The smallest absolute Gasteiger partial charge is 0.0991 e. The molecule has 0 aromatic heterocycles. The zero-order valence-electron chi connectivity index (χ0n) is 28.2. The van der Waals surface area contributed by atoms with Crippen LogP contribution >= 0.6 is 23.5 Å². The molecule has 9 rings (SSSR count). The van der Waals surface area contributed by atoms with Crippen LogP contribution in [-0.2, 0) is 6.42 Å². The van der Waals surface area contributed by atoms with E-state index in [1.807, 2.05) is 24.3 Å². The first kappa shape index (κ1) is 31.8. The van der Waals surface area contributed by atoms with E-state index in [-0.39, 0.29) is 0 Å². The lowest BCUT2D eigenvalue weighted by atomic mass is 9.85. The maximum atomic E-state index is 9.76. The Morgan fingerprint density at radius 2 is 0.769 bits per heavy atom. The van der Waals surface area contributed by atoms with Gasteiger partial charge in [-0.25, -0.2) is 0 Å². The van der Waals surface area contributed by atoms with E-state index in [4.69, 9.17) is 0 Å². The van der Waals surface area contributed by atoms with Crippen LogP contribution in [0.4, 0.5) is 34.1 Å². The number of rotatable bonds is 5. The highest BCUT2D eigenvalue weighted by Gasteiger charge is 2.33. The molecule has 0 aliphatic carbocycles. The van der Waals surface area contributed by atoms with Gasteiger partial charge in [0.2, 0.25) is 0 Å². The Bertz CT molecular complexity index is 2330. The van der Waals surface area contributed by atoms with Gasteiger partial charge < -0.3 is 9.80 Å². The third kappa shape index (κ3) is 5.24. The summed E-state index contributed by atoms with van der Waals surface area (Å²) in [5.74, 6) is 0. The quantitative estimate of drug-likeness (QED) is 0.178.